The van der Waals surface area contributed by atoms with Crippen LogP contribution in [0.1, 0.15) is 16.8 Å². The van der Waals surface area contributed by atoms with E-state index in [4.69, 9.17) is 27.9 Å². The Hall–Kier alpha value is -2.08. The van der Waals surface area contributed by atoms with Crippen molar-refractivity contribution in [1.82, 2.24) is 4.98 Å². The molecule has 3 rings (SSSR count). The van der Waals surface area contributed by atoms with Crippen LogP contribution >= 0.6 is 34.5 Å². The Kier molecular flexibility index (Phi) is 5.91. The zero-order valence-electron chi connectivity index (χ0n) is 13.4. The molecule has 0 radical (unpaired) electrons. The third-order valence-corrected chi connectivity index (χ3v) is 4.61. The summed E-state index contributed by atoms with van der Waals surface area (Å²) in [5, 5.41) is 8.22. The molecule has 0 atom stereocenters. The third-order valence-electron chi connectivity index (χ3n) is 3.26. The number of ether oxygens (including phenoxy) is 1. The summed E-state index contributed by atoms with van der Waals surface area (Å²) in [7, 11) is 0. The Balaban J connectivity index is 1.70. The molecule has 2 aromatic carbocycles. The van der Waals surface area contributed by atoms with E-state index in [0.717, 1.165) is 22.0 Å². The highest BCUT2D eigenvalue weighted by Gasteiger charge is 2.04. The molecular weight excluding hydrogens is 377 g/mol. The number of nitrogens with one attached hydrogen (secondary N) is 1. The van der Waals surface area contributed by atoms with Crippen molar-refractivity contribution in [3.63, 3.8) is 0 Å². The quantitative estimate of drug-likeness (QED) is 0.427. The van der Waals surface area contributed by atoms with Crippen LogP contribution in [0.2, 0.25) is 10.0 Å². The molecule has 0 aliphatic heterocycles. The van der Waals surface area contributed by atoms with Crippen molar-refractivity contribution in [2.45, 2.75) is 13.5 Å². The SMILES string of the molecule is Cc1csc(NN=Cc2cc(Cl)ccc2OCc2ccc(Cl)cc2)n1. The summed E-state index contributed by atoms with van der Waals surface area (Å²) in [5.41, 5.74) is 5.67. The topological polar surface area (TPSA) is 46.5 Å². The maximum absolute atomic E-state index is 6.09. The van der Waals surface area contributed by atoms with Gasteiger partial charge in [-0.3, -0.25) is 5.43 Å². The molecule has 4 nitrogen and oxygen atoms in total. The molecule has 0 saturated heterocycles. The van der Waals surface area contributed by atoms with Crippen molar-refractivity contribution in [1.29, 1.82) is 0 Å². The lowest BCUT2D eigenvalue weighted by molar-refractivity contribution is 0.306. The summed E-state index contributed by atoms with van der Waals surface area (Å²) < 4.78 is 5.89. The Morgan fingerprint density at radius 1 is 1.16 bits per heavy atom. The molecule has 0 unspecified atom stereocenters. The van der Waals surface area contributed by atoms with Crippen LogP contribution in [0.4, 0.5) is 5.13 Å². The summed E-state index contributed by atoms with van der Waals surface area (Å²) >= 11 is 13.5. The van der Waals surface area contributed by atoms with E-state index < -0.39 is 0 Å². The molecule has 25 heavy (non-hydrogen) atoms. The van der Waals surface area contributed by atoms with Gasteiger partial charge in [0.15, 0.2) is 0 Å². The first-order valence-corrected chi connectivity index (χ1v) is 9.12. The lowest BCUT2D eigenvalue weighted by Crippen LogP contribution is -1.99. The molecule has 1 aromatic heterocycles. The number of anilines is 1. The Morgan fingerprint density at radius 3 is 2.64 bits per heavy atom. The first-order chi connectivity index (χ1) is 12.1. The zero-order chi connectivity index (χ0) is 17.6. The number of aryl methyl sites for hydroxylation is 1. The monoisotopic (exact) mass is 391 g/mol. The Bertz CT molecular complexity index is 878. The van der Waals surface area contributed by atoms with Crippen LogP contribution in [0.5, 0.6) is 5.75 Å². The van der Waals surface area contributed by atoms with E-state index in [0.29, 0.717) is 22.4 Å². The molecule has 0 amide bonds. The van der Waals surface area contributed by atoms with Gasteiger partial charge in [0, 0.05) is 21.0 Å². The third kappa shape index (κ3) is 5.19. The summed E-state index contributed by atoms with van der Waals surface area (Å²) in [5.74, 6) is 0.695. The number of rotatable bonds is 6. The van der Waals surface area contributed by atoms with E-state index in [1.165, 1.54) is 11.3 Å². The first kappa shape index (κ1) is 17.7. The fraction of sp³-hybridized carbons (Fsp3) is 0.111. The molecular formula is C18H15Cl2N3OS. The zero-order valence-corrected chi connectivity index (χ0v) is 15.7. The van der Waals surface area contributed by atoms with Gasteiger partial charge in [0.05, 0.1) is 11.9 Å². The van der Waals surface area contributed by atoms with Crippen LogP contribution < -0.4 is 10.2 Å². The second kappa shape index (κ2) is 8.34. The number of halogens is 2. The minimum Gasteiger partial charge on any atom is -0.488 e. The molecule has 128 valence electrons. The molecule has 0 aliphatic rings. The van der Waals surface area contributed by atoms with Crippen LogP contribution in [-0.4, -0.2) is 11.2 Å². The van der Waals surface area contributed by atoms with Gasteiger partial charge in [0.25, 0.3) is 0 Å². The van der Waals surface area contributed by atoms with Crippen LogP contribution in [0.25, 0.3) is 0 Å². The summed E-state index contributed by atoms with van der Waals surface area (Å²) in [6.45, 7) is 2.36. The molecule has 0 saturated carbocycles. The molecule has 0 bridgehead atoms. The minimum atomic E-state index is 0.429. The molecule has 0 fully saturated rings. The highest BCUT2D eigenvalue weighted by molar-refractivity contribution is 7.13. The lowest BCUT2D eigenvalue weighted by atomic mass is 10.2. The largest absolute Gasteiger partial charge is 0.488 e. The van der Waals surface area contributed by atoms with Gasteiger partial charge in [-0.2, -0.15) is 5.10 Å². The summed E-state index contributed by atoms with van der Waals surface area (Å²) in [6, 6.07) is 12.9. The van der Waals surface area contributed by atoms with Crippen LogP contribution in [0.3, 0.4) is 0 Å². The standard InChI is InChI=1S/C18H15Cl2N3OS/c1-12-11-25-18(22-12)23-21-9-14-8-16(20)6-7-17(14)24-10-13-2-4-15(19)5-3-13/h2-9,11H,10H2,1H3,(H,22,23). The van der Waals surface area contributed by atoms with E-state index in [2.05, 4.69) is 15.5 Å². The van der Waals surface area contributed by atoms with Gasteiger partial charge in [0.2, 0.25) is 5.13 Å². The van der Waals surface area contributed by atoms with Gasteiger partial charge < -0.3 is 4.74 Å². The fourth-order valence-electron chi connectivity index (χ4n) is 2.06. The van der Waals surface area contributed by atoms with Gasteiger partial charge >= 0.3 is 0 Å². The van der Waals surface area contributed by atoms with E-state index >= 15 is 0 Å². The van der Waals surface area contributed by atoms with Gasteiger partial charge in [-0.05, 0) is 42.8 Å². The number of thiazole rings is 1. The maximum atomic E-state index is 6.09. The Morgan fingerprint density at radius 2 is 1.92 bits per heavy atom. The number of benzene rings is 2. The summed E-state index contributed by atoms with van der Waals surface area (Å²) in [4.78, 5) is 4.29. The minimum absolute atomic E-state index is 0.429. The van der Waals surface area contributed by atoms with Crippen molar-refractivity contribution in [2.75, 3.05) is 5.43 Å². The van der Waals surface area contributed by atoms with Gasteiger partial charge in [-0.15, -0.1) is 11.3 Å². The van der Waals surface area contributed by atoms with Crippen LogP contribution in [0.15, 0.2) is 52.9 Å². The average Bonchev–Trinajstić information content (AvgIpc) is 3.01. The second-order valence-corrected chi connectivity index (χ2v) is 6.99. The lowest BCUT2D eigenvalue weighted by Gasteiger charge is -2.09. The number of hydrogen-bond acceptors (Lipinski definition) is 5. The first-order valence-electron chi connectivity index (χ1n) is 7.48. The highest BCUT2D eigenvalue weighted by Crippen LogP contribution is 2.23. The van der Waals surface area contributed by atoms with E-state index in [1.54, 1.807) is 18.3 Å². The molecule has 7 heteroatoms. The van der Waals surface area contributed by atoms with Crippen LogP contribution in [-0.2, 0) is 6.61 Å². The smallest absolute Gasteiger partial charge is 0.203 e. The van der Waals surface area contributed by atoms with Crippen molar-refractivity contribution in [3.05, 3.63) is 74.7 Å². The highest BCUT2D eigenvalue weighted by atomic mass is 35.5. The van der Waals surface area contributed by atoms with Crippen LogP contribution in [0, 0.1) is 6.92 Å². The Labute approximate surface area is 160 Å². The molecule has 1 heterocycles. The number of hydrazone groups is 1. The number of nitrogens with zero attached hydrogens (tertiary/aromatic N) is 2. The second-order valence-electron chi connectivity index (χ2n) is 5.26. The van der Waals surface area contributed by atoms with Crippen molar-refractivity contribution in [3.8, 4) is 5.75 Å². The van der Waals surface area contributed by atoms with E-state index in [1.807, 2.05) is 42.6 Å². The van der Waals surface area contributed by atoms with E-state index in [-0.39, 0.29) is 0 Å². The average molecular weight is 392 g/mol. The number of aromatic nitrogens is 1. The van der Waals surface area contributed by atoms with E-state index in [9.17, 15) is 0 Å². The molecule has 1 N–H and O–H groups in total. The van der Waals surface area contributed by atoms with Gasteiger partial charge in [-0.25, -0.2) is 4.98 Å². The van der Waals surface area contributed by atoms with Gasteiger partial charge in [0.1, 0.15) is 12.4 Å². The fourth-order valence-corrected chi connectivity index (χ4v) is 3.00. The molecule has 0 spiro atoms. The molecule has 0 aliphatic carbocycles. The predicted molar refractivity (Wildman–Crippen MR) is 105 cm³/mol. The predicted octanol–water partition coefficient (Wildman–Crippen LogP) is 5.78. The summed E-state index contributed by atoms with van der Waals surface area (Å²) in [6.07, 6.45) is 1.67. The normalized spacial score (nSPS) is 11.0. The maximum Gasteiger partial charge on any atom is 0.203 e. The van der Waals surface area contributed by atoms with Crippen molar-refractivity contribution >= 4 is 45.9 Å². The molecule has 3 aromatic rings. The van der Waals surface area contributed by atoms with Crippen molar-refractivity contribution < 1.29 is 4.74 Å². The van der Waals surface area contributed by atoms with Gasteiger partial charge in [-0.1, -0.05) is 35.3 Å². The van der Waals surface area contributed by atoms with Crippen molar-refractivity contribution in [2.24, 2.45) is 5.10 Å². The number of hydrogen-bond donors (Lipinski definition) is 1.